The van der Waals surface area contributed by atoms with E-state index in [1.54, 1.807) is 12.1 Å². The van der Waals surface area contributed by atoms with E-state index in [2.05, 4.69) is 105 Å². The van der Waals surface area contributed by atoms with Gasteiger partial charge in [-0.15, -0.1) is 0 Å². The highest BCUT2D eigenvalue weighted by Crippen LogP contribution is 2.64. The van der Waals surface area contributed by atoms with E-state index < -0.39 is 34.3 Å². The van der Waals surface area contributed by atoms with Gasteiger partial charge in [0.2, 0.25) is 5.41 Å². The van der Waals surface area contributed by atoms with Gasteiger partial charge in [0, 0.05) is 5.41 Å². The summed E-state index contributed by atoms with van der Waals surface area (Å²) in [6.07, 6.45) is -11.2. The average Bonchev–Trinajstić information content (AvgIpc) is 3.62. The summed E-state index contributed by atoms with van der Waals surface area (Å²) in [5, 5.41) is 4.67. The second-order valence-corrected chi connectivity index (χ2v) is 15.5. The fourth-order valence-corrected chi connectivity index (χ4v) is 9.30. The molecule has 8 aromatic rings. The number of rotatable bonds is 3. The van der Waals surface area contributed by atoms with E-state index in [4.69, 9.17) is 0 Å². The van der Waals surface area contributed by atoms with Crippen LogP contribution in [0.3, 0.4) is 0 Å². The van der Waals surface area contributed by atoms with E-state index in [0.29, 0.717) is 11.1 Å². The topological polar surface area (TPSA) is 0 Å². The fourth-order valence-electron chi connectivity index (χ4n) is 9.30. The van der Waals surface area contributed by atoms with Gasteiger partial charge >= 0.3 is 12.4 Å². The van der Waals surface area contributed by atoms with E-state index in [9.17, 15) is 26.3 Å². The van der Waals surface area contributed by atoms with Crippen LogP contribution >= 0.6 is 0 Å². The van der Waals surface area contributed by atoms with Gasteiger partial charge in [-0.3, -0.25) is 0 Å². The second kappa shape index (κ2) is 11.7. The summed E-state index contributed by atoms with van der Waals surface area (Å²) >= 11 is 0. The molecule has 0 fully saturated rings. The normalized spacial score (nSPS) is 15.1. The SMILES string of the molecule is CC1(C)c2cc(-c3ccc4c(c3)C(C(F)(F)F)(C(F)(F)F)c3ccccc3-4)ccc2-c2ccc(-c3ccc4cc(-c5ccc6ccccc6c5)ccc4c3)cc21. The predicted octanol–water partition coefficient (Wildman–Crippen LogP) is 14.7. The van der Waals surface area contributed by atoms with Crippen LogP contribution in [-0.4, -0.2) is 12.4 Å². The maximum Gasteiger partial charge on any atom is 0.411 e. The average molecular weight is 747 g/mol. The van der Waals surface area contributed by atoms with Crippen molar-refractivity contribution in [3.8, 4) is 55.6 Å². The van der Waals surface area contributed by atoms with Crippen molar-refractivity contribution in [1.82, 2.24) is 0 Å². The molecule has 0 spiro atoms. The summed E-state index contributed by atoms with van der Waals surface area (Å²) in [5.74, 6) is 0. The number of halogens is 6. The van der Waals surface area contributed by atoms with E-state index in [1.807, 2.05) is 18.2 Å². The largest absolute Gasteiger partial charge is 0.411 e. The number of hydrogen-bond donors (Lipinski definition) is 0. The number of hydrogen-bond acceptors (Lipinski definition) is 0. The van der Waals surface area contributed by atoms with Crippen molar-refractivity contribution in [1.29, 1.82) is 0 Å². The lowest BCUT2D eigenvalue weighted by atomic mass is 9.75. The molecule has 0 N–H and O–H groups in total. The van der Waals surface area contributed by atoms with Gasteiger partial charge in [0.25, 0.3) is 0 Å². The zero-order valence-electron chi connectivity index (χ0n) is 30.3. The third-order valence-corrected chi connectivity index (χ3v) is 12.2. The van der Waals surface area contributed by atoms with Gasteiger partial charge in [-0.05, 0) is 136 Å². The molecule has 0 amide bonds. The Morgan fingerprint density at radius 3 is 1.16 bits per heavy atom. The monoisotopic (exact) mass is 746 g/mol. The summed E-state index contributed by atoms with van der Waals surface area (Å²) < 4.78 is 89.2. The standard InChI is InChI=1S/C50H32F6/c1-47(2)44-26-36(35-16-15-33-24-32(13-14-34(33)25-35)31-12-11-29-7-3-4-8-30(29)23-31)17-20-40(44)41-21-18-37(27-45(41)47)38-19-22-42-39-9-5-6-10-43(39)48(46(42)28-38,49(51,52)53)50(54,55)56/h3-28H,1-2H3. The minimum Gasteiger partial charge on any atom is -0.169 e. The molecule has 10 rings (SSSR count). The van der Waals surface area contributed by atoms with Gasteiger partial charge in [0.05, 0.1) is 0 Å². The van der Waals surface area contributed by atoms with Gasteiger partial charge in [0.1, 0.15) is 0 Å². The lowest BCUT2D eigenvalue weighted by Crippen LogP contribution is -2.53. The van der Waals surface area contributed by atoms with E-state index in [-0.39, 0.29) is 11.1 Å². The molecule has 0 bridgehead atoms. The molecule has 0 atom stereocenters. The molecule has 0 heterocycles. The van der Waals surface area contributed by atoms with Crippen molar-refractivity contribution in [3.05, 3.63) is 180 Å². The molecular weight excluding hydrogens is 715 g/mol. The van der Waals surface area contributed by atoms with Crippen LogP contribution in [0.2, 0.25) is 0 Å². The van der Waals surface area contributed by atoms with Crippen molar-refractivity contribution in [3.63, 3.8) is 0 Å². The maximum absolute atomic E-state index is 14.9. The molecule has 0 saturated heterocycles. The minimum absolute atomic E-state index is 0.0535. The highest BCUT2D eigenvalue weighted by Gasteiger charge is 2.75. The maximum atomic E-state index is 14.9. The molecule has 2 aliphatic rings. The van der Waals surface area contributed by atoms with Crippen LogP contribution in [0.15, 0.2) is 158 Å². The first-order valence-corrected chi connectivity index (χ1v) is 18.5. The van der Waals surface area contributed by atoms with Gasteiger partial charge in [0.15, 0.2) is 0 Å². The Kier molecular flexibility index (Phi) is 7.17. The molecule has 0 unspecified atom stereocenters. The summed E-state index contributed by atoms with van der Waals surface area (Å²) in [4.78, 5) is 0. The molecule has 0 radical (unpaired) electrons. The van der Waals surface area contributed by atoms with Gasteiger partial charge in [-0.2, -0.15) is 26.3 Å². The van der Waals surface area contributed by atoms with E-state index >= 15 is 0 Å². The highest BCUT2D eigenvalue weighted by atomic mass is 19.4. The van der Waals surface area contributed by atoms with Crippen molar-refractivity contribution < 1.29 is 26.3 Å². The molecule has 8 aromatic carbocycles. The van der Waals surface area contributed by atoms with E-state index in [0.717, 1.165) is 67.4 Å². The minimum atomic E-state index is -5.61. The quantitative estimate of drug-likeness (QED) is 0.158. The van der Waals surface area contributed by atoms with Gasteiger partial charge < -0.3 is 0 Å². The van der Waals surface area contributed by atoms with Crippen molar-refractivity contribution in [2.45, 2.75) is 37.0 Å². The lowest BCUT2D eigenvalue weighted by Gasteiger charge is -2.36. The van der Waals surface area contributed by atoms with Crippen LogP contribution < -0.4 is 0 Å². The van der Waals surface area contributed by atoms with E-state index in [1.165, 1.54) is 35.0 Å². The third kappa shape index (κ3) is 4.81. The molecule has 274 valence electrons. The first kappa shape index (κ1) is 34.4. The van der Waals surface area contributed by atoms with Crippen LogP contribution in [0.5, 0.6) is 0 Å². The first-order valence-electron chi connectivity index (χ1n) is 18.5. The van der Waals surface area contributed by atoms with Gasteiger partial charge in [-0.1, -0.05) is 135 Å². The van der Waals surface area contributed by atoms with Crippen LogP contribution in [0, 0.1) is 0 Å². The number of fused-ring (bicyclic) bond motifs is 8. The number of alkyl halides is 6. The Morgan fingerprint density at radius 1 is 0.321 bits per heavy atom. The Hall–Kier alpha value is -6.14. The van der Waals surface area contributed by atoms with Crippen LogP contribution in [0.25, 0.3) is 77.2 Å². The second-order valence-electron chi connectivity index (χ2n) is 15.5. The Labute approximate surface area is 319 Å². The molecule has 2 aliphatic carbocycles. The summed E-state index contributed by atoms with van der Waals surface area (Å²) in [7, 11) is 0. The van der Waals surface area contributed by atoms with Crippen molar-refractivity contribution >= 4 is 21.5 Å². The van der Waals surface area contributed by atoms with Crippen LogP contribution in [0.4, 0.5) is 26.3 Å². The van der Waals surface area contributed by atoms with Gasteiger partial charge in [-0.25, -0.2) is 0 Å². The summed E-state index contributed by atoms with van der Waals surface area (Å²) in [6, 6.07) is 49.0. The lowest BCUT2D eigenvalue weighted by molar-refractivity contribution is -0.287. The molecular formula is C50H32F6. The van der Waals surface area contributed by atoms with Crippen molar-refractivity contribution in [2.75, 3.05) is 0 Å². The third-order valence-electron chi connectivity index (χ3n) is 12.2. The highest BCUT2D eigenvalue weighted by molar-refractivity contribution is 5.94. The predicted molar refractivity (Wildman–Crippen MR) is 214 cm³/mol. The summed E-state index contributed by atoms with van der Waals surface area (Å²) in [5.41, 5.74) is 3.10. The molecule has 0 nitrogen and oxygen atoms in total. The van der Waals surface area contributed by atoms with Crippen LogP contribution in [-0.2, 0) is 10.8 Å². The molecule has 0 aliphatic heterocycles. The fraction of sp³-hybridized carbons (Fsp3) is 0.120. The Bertz CT molecular complexity index is 2910. The zero-order chi connectivity index (χ0) is 38.8. The van der Waals surface area contributed by atoms with Crippen LogP contribution in [0.1, 0.15) is 36.1 Å². The number of benzene rings is 8. The zero-order valence-corrected chi connectivity index (χ0v) is 30.3. The molecule has 0 aromatic heterocycles. The molecule has 56 heavy (non-hydrogen) atoms. The molecule has 0 saturated carbocycles. The van der Waals surface area contributed by atoms with Crippen molar-refractivity contribution in [2.24, 2.45) is 0 Å². The smallest absolute Gasteiger partial charge is 0.169 e. The Balaban J connectivity index is 1.00. The molecule has 6 heteroatoms. The first-order chi connectivity index (χ1) is 26.8. The summed E-state index contributed by atoms with van der Waals surface area (Å²) in [6.45, 7) is 4.22. The Morgan fingerprint density at radius 2 is 0.661 bits per heavy atom.